The maximum Gasteiger partial charge on any atom is 0.140 e. The van der Waals surface area contributed by atoms with E-state index in [1.165, 1.54) is 19.3 Å². The fourth-order valence-electron chi connectivity index (χ4n) is 3.32. The molecule has 0 aliphatic carbocycles. The first-order valence-corrected chi connectivity index (χ1v) is 9.05. The molecule has 5 nitrogen and oxygen atoms in total. The monoisotopic (exact) mass is 341 g/mol. The molecule has 126 valence electrons. The summed E-state index contributed by atoms with van der Waals surface area (Å²) in [6, 6.07) is 12.3. The van der Waals surface area contributed by atoms with Gasteiger partial charge in [-0.25, -0.2) is 4.68 Å². The van der Waals surface area contributed by atoms with E-state index in [2.05, 4.69) is 20.1 Å². The molecule has 2 aromatic rings. The maximum absolute atomic E-state index is 9.57. The van der Waals surface area contributed by atoms with Crippen molar-refractivity contribution >= 4 is 15.2 Å². The van der Waals surface area contributed by atoms with Crippen molar-refractivity contribution < 1.29 is 0 Å². The molecule has 0 amide bonds. The summed E-state index contributed by atoms with van der Waals surface area (Å²) in [5, 5.41) is 14.3. The molecule has 2 atom stereocenters. The Morgan fingerprint density at radius 3 is 2.67 bits per heavy atom. The molecule has 2 N–H and O–H groups in total. The molecule has 1 aliphatic heterocycles. The van der Waals surface area contributed by atoms with E-state index >= 15 is 0 Å². The first-order valence-electron chi connectivity index (χ1n) is 8.54. The molecule has 3 rings (SSSR count). The molecule has 2 heterocycles. The quantitative estimate of drug-likeness (QED) is 0.847. The number of anilines is 1. The van der Waals surface area contributed by atoms with Crippen LogP contribution in [0.2, 0.25) is 0 Å². The van der Waals surface area contributed by atoms with E-state index in [0.717, 1.165) is 31.5 Å². The summed E-state index contributed by atoms with van der Waals surface area (Å²) in [5.74, 6) is 0.496. The van der Waals surface area contributed by atoms with Gasteiger partial charge in [-0.3, -0.25) is 4.67 Å². The van der Waals surface area contributed by atoms with E-state index in [1.807, 2.05) is 35.0 Å². The van der Waals surface area contributed by atoms with Gasteiger partial charge < -0.3 is 5.73 Å². The van der Waals surface area contributed by atoms with Crippen LogP contribution in [-0.2, 0) is 0 Å². The third-order valence-corrected chi connectivity index (χ3v) is 5.20. The molecule has 24 heavy (non-hydrogen) atoms. The first-order chi connectivity index (χ1) is 11.7. The predicted octanol–water partition coefficient (Wildman–Crippen LogP) is 3.60. The minimum absolute atomic E-state index is 0.246. The van der Waals surface area contributed by atoms with Crippen LogP contribution in [0.4, 0.5) is 5.82 Å². The Kier molecular flexibility index (Phi) is 5.50. The maximum atomic E-state index is 9.57. The van der Waals surface area contributed by atoms with Gasteiger partial charge in [-0.15, -0.1) is 0 Å². The second kappa shape index (κ2) is 7.79. The summed E-state index contributed by atoms with van der Waals surface area (Å²) in [4.78, 5) is 0. The highest BCUT2D eigenvalue weighted by atomic mass is 31.0. The van der Waals surface area contributed by atoms with Crippen LogP contribution in [0.1, 0.15) is 43.7 Å². The molecule has 1 fully saturated rings. The van der Waals surface area contributed by atoms with Crippen LogP contribution in [0.15, 0.2) is 30.3 Å². The number of benzene rings is 1. The molecule has 2 unspecified atom stereocenters. The Morgan fingerprint density at radius 1 is 1.12 bits per heavy atom. The van der Waals surface area contributed by atoms with Crippen LogP contribution in [0.3, 0.4) is 0 Å². The zero-order chi connectivity index (χ0) is 16.9. The highest BCUT2D eigenvalue weighted by Crippen LogP contribution is 2.32. The van der Waals surface area contributed by atoms with Crippen LogP contribution in [-0.4, -0.2) is 27.5 Å². The number of nitriles is 1. The Bertz CT molecular complexity index is 719. The van der Waals surface area contributed by atoms with E-state index in [0.29, 0.717) is 17.1 Å². The summed E-state index contributed by atoms with van der Waals surface area (Å²) in [5.41, 5.74) is 8.43. The Morgan fingerprint density at radius 2 is 1.92 bits per heavy atom. The van der Waals surface area contributed by atoms with Gasteiger partial charge in [0.05, 0.1) is 6.04 Å². The largest absolute Gasteiger partial charge is 0.383 e. The van der Waals surface area contributed by atoms with E-state index < -0.39 is 0 Å². The highest BCUT2D eigenvalue weighted by molar-refractivity contribution is 7.13. The molecular formula is C18H24N5P. The Labute approximate surface area is 145 Å². The molecule has 0 saturated carbocycles. The van der Waals surface area contributed by atoms with Gasteiger partial charge in [0.1, 0.15) is 23.1 Å². The van der Waals surface area contributed by atoms with Crippen molar-refractivity contribution in [1.29, 1.82) is 5.26 Å². The second-order valence-electron chi connectivity index (χ2n) is 6.36. The van der Waals surface area contributed by atoms with Gasteiger partial charge in [-0.05, 0) is 19.3 Å². The molecular weight excluding hydrogens is 317 g/mol. The zero-order valence-electron chi connectivity index (χ0n) is 13.9. The average molecular weight is 341 g/mol. The molecule has 0 spiro atoms. The summed E-state index contributed by atoms with van der Waals surface area (Å²) in [6.07, 6.45) is 5.67. The minimum atomic E-state index is 0.246. The third-order valence-electron chi connectivity index (χ3n) is 4.68. The van der Waals surface area contributed by atoms with Gasteiger partial charge in [-0.1, -0.05) is 52.6 Å². The van der Waals surface area contributed by atoms with Gasteiger partial charge in [0, 0.05) is 18.7 Å². The molecule has 6 heteroatoms. The number of nitrogens with two attached hydrogens (primary N) is 1. The van der Waals surface area contributed by atoms with Gasteiger partial charge in [-0.2, -0.15) is 10.4 Å². The summed E-state index contributed by atoms with van der Waals surface area (Å²) in [6.45, 7) is 2.11. The molecule has 0 bridgehead atoms. The van der Waals surface area contributed by atoms with Crippen LogP contribution < -0.4 is 5.73 Å². The summed E-state index contributed by atoms with van der Waals surface area (Å²) >= 11 is 0. The van der Waals surface area contributed by atoms with Crippen LogP contribution >= 0.6 is 9.39 Å². The highest BCUT2D eigenvalue weighted by Gasteiger charge is 2.23. The minimum Gasteiger partial charge on any atom is -0.383 e. The number of nitrogen functional groups attached to an aromatic ring is 1. The average Bonchev–Trinajstić information content (AvgIpc) is 2.98. The summed E-state index contributed by atoms with van der Waals surface area (Å²) < 4.78 is 4.19. The number of aromatic nitrogens is 2. The van der Waals surface area contributed by atoms with Crippen molar-refractivity contribution in [2.45, 2.75) is 38.1 Å². The molecule has 0 radical (unpaired) electrons. The fourth-order valence-corrected chi connectivity index (χ4v) is 3.65. The number of hydrogen-bond donors (Lipinski definition) is 1. The van der Waals surface area contributed by atoms with E-state index in [4.69, 9.17) is 10.8 Å². The molecule has 1 aromatic carbocycles. The van der Waals surface area contributed by atoms with E-state index in [1.54, 1.807) is 0 Å². The van der Waals surface area contributed by atoms with Gasteiger partial charge in [0.15, 0.2) is 0 Å². The van der Waals surface area contributed by atoms with Crippen molar-refractivity contribution in [3.8, 4) is 17.3 Å². The lowest BCUT2D eigenvalue weighted by Crippen LogP contribution is -2.19. The lowest BCUT2D eigenvalue weighted by Gasteiger charge is -2.20. The predicted molar refractivity (Wildman–Crippen MR) is 100 cm³/mol. The van der Waals surface area contributed by atoms with E-state index in [9.17, 15) is 5.26 Å². The summed E-state index contributed by atoms with van der Waals surface area (Å²) in [7, 11) is 2.81. The standard InChI is InChI=1S/C18H24N5P/c19-13-16-17(14-7-3-1-4-8-14)21-23(18(16)20)15-9-5-2-6-11-22(24)12-10-15/h1,3-4,7-8,15H,2,5-6,9-12,20,24H2. The van der Waals surface area contributed by atoms with Crippen molar-refractivity contribution in [2.24, 2.45) is 0 Å². The van der Waals surface area contributed by atoms with Crippen molar-refractivity contribution in [3.63, 3.8) is 0 Å². The number of hydrogen-bond acceptors (Lipinski definition) is 4. The molecule has 1 aliphatic rings. The first kappa shape index (κ1) is 17.0. The van der Waals surface area contributed by atoms with Crippen molar-refractivity contribution in [1.82, 2.24) is 14.5 Å². The second-order valence-corrected chi connectivity index (χ2v) is 7.09. The normalized spacial score (nSPS) is 19.9. The fraction of sp³-hybridized carbons (Fsp3) is 0.444. The number of rotatable bonds is 2. The van der Waals surface area contributed by atoms with Gasteiger partial charge in [0.2, 0.25) is 0 Å². The van der Waals surface area contributed by atoms with E-state index in [-0.39, 0.29) is 6.04 Å². The van der Waals surface area contributed by atoms with Gasteiger partial charge >= 0.3 is 0 Å². The van der Waals surface area contributed by atoms with Crippen LogP contribution in [0.5, 0.6) is 0 Å². The van der Waals surface area contributed by atoms with Crippen LogP contribution in [0.25, 0.3) is 11.3 Å². The number of nitrogens with zero attached hydrogens (tertiary/aromatic N) is 4. The van der Waals surface area contributed by atoms with Crippen molar-refractivity contribution in [2.75, 3.05) is 18.8 Å². The van der Waals surface area contributed by atoms with Gasteiger partial charge in [0.25, 0.3) is 0 Å². The van der Waals surface area contributed by atoms with Crippen molar-refractivity contribution in [3.05, 3.63) is 35.9 Å². The lowest BCUT2D eigenvalue weighted by molar-refractivity contribution is 0.366. The third kappa shape index (κ3) is 3.61. The zero-order valence-corrected chi connectivity index (χ0v) is 15.0. The SMILES string of the molecule is N#Cc1c(-c2ccccc2)nn(C2CCCCCN(P)CC2)c1N. The lowest BCUT2D eigenvalue weighted by atomic mass is 10.1. The topological polar surface area (TPSA) is 70.9 Å². The molecule has 1 aromatic heterocycles. The molecule has 1 saturated heterocycles. The van der Waals surface area contributed by atoms with Crippen LogP contribution in [0, 0.1) is 11.3 Å². The smallest absolute Gasteiger partial charge is 0.140 e. The Hall–Kier alpha value is -1.89. The Balaban J connectivity index is 1.95.